The zero-order valence-electron chi connectivity index (χ0n) is 14.4. The molecule has 0 aliphatic carbocycles. The van der Waals surface area contributed by atoms with Gasteiger partial charge in [-0.25, -0.2) is 8.42 Å². The summed E-state index contributed by atoms with van der Waals surface area (Å²) in [4.78, 5) is 27.9. The van der Waals surface area contributed by atoms with Crippen molar-refractivity contribution in [2.75, 3.05) is 26.2 Å². The summed E-state index contributed by atoms with van der Waals surface area (Å²) in [5, 5.41) is -0.531. The Kier molecular flexibility index (Phi) is 5.13. The van der Waals surface area contributed by atoms with Crippen LogP contribution >= 0.6 is 0 Å². The Hall–Kier alpha value is -1.89. The molecular weight excluding hydrogens is 340 g/mol. The maximum absolute atomic E-state index is 12.7. The first kappa shape index (κ1) is 17.9. The number of sulfone groups is 1. The van der Waals surface area contributed by atoms with Crippen LogP contribution in [0.4, 0.5) is 0 Å². The highest BCUT2D eigenvalue weighted by atomic mass is 32.2. The van der Waals surface area contributed by atoms with Crippen molar-refractivity contribution in [2.45, 2.75) is 36.3 Å². The maximum Gasteiger partial charge on any atom is 0.225 e. The van der Waals surface area contributed by atoms with Crippen molar-refractivity contribution in [3.05, 3.63) is 30.3 Å². The molecule has 2 amide bonds. The van der Waals surface area contributed by atoms with Crippen molar-refractivity contribution in [1.82, 2.24) is 9.80 Å². The van der Waals surface area contributed by atoms with Gasteiger partial charge in [0.25, 0.3) is 0 Å². The molecule has 2 heterocycles. The Morgan fingerprint density at radius 3 is 2.16 bits per heavy atom. The minimum atomic E-state index is -3.40. The highest BCUT2D eigenvalue weighted by Crippen LogP contribution is 2.27. The lowest BCUT2D eigenvalue weighted by molar-refractivity contribution is -0.139. The SMILES string of the molecule is CC(=O)N1CCC(C(=O)N2CCC(S(=O)(=O)c3ccccc3)C2)CC1. The standard InChI is InChI=1S/C18H24N2O4S/c1-14(21)19-10-7-15(8-11-19)18(22)20-12-9-17(13-20)25(23,24)16-5-3-2-4-6-16/h2-6,15,17H,7-13H2,1H3. The van der Waals surface area contributed by atoms with Gasteiger partial charge in [-0.2, -0.15) is 0 Å². The predicted octanol–water partition coefficient (Wildman–Crippen LogP) is 1.32. The molecule has 2 aliphatic heterocycles. The third kappa shape index (κ3) is 3.71. The van der Waals surface area contributed by atoms with Gasteiger partial charge in [0, 0.05) is 39.0 Å². The van der Waals surface area contributed by atoms with E-state index in [0.717, 1.165) is 0 Å². The van der Waals surface area contributed by atoms with E-state index in [9.17, 15) is 18.0 Å². The molecule has 0 saturated carbocycles. The Morgan fingerprint density at radius 1 is 0.960 bits per heavy atom. The lowest BCUT2D eigenvalue weighted by Crippen LogP contribution is -2.43. The molecule has 0 N–H and O–H groups in total. The molecule has 2 saturated heterocycles. The summed E-state index contributed by atoms with van der Waals surface area (Å²) < 4.78 is 25.4. The number of carbonyl (C=O) groups excluding carboxylic acids is 2. The van der Waals surface area contributed by atoms with Crippen LogP contribution in [-0.4, -0.2) is 61.5 Å². The van der Waals surface area contributed by atoms with Gasteiger partial charge < -0.3 is 9.80 Å². The van der Waals surface area contributed by atoms with Crippen LogP contribution in [0.1, 0.15) is 26.2 Å². The molecular formula is C18H24N2O4S. The Morgan fingerprint density at radius 2 is 1.56 bits per heavy atom. The molecule has 1 atom stereocenters. The fraction of sp³-hybridized carbons (Fsp3) is 0.556. The molecule has 0 radical (unpaired) electrons. The fourth-order valence-electron chi connectivity index (χ4n) is 3.68. The van der Waals surface area contributed by atoms with Gasteiger partial charge in [0.05, 0.1) is 10.1 Å². The molecule has 1 aromatic carbocycles. The van der Waals surface area contributed by atoms with Crippen molar-refractivity contribution < 1.29 is 18.0 Å². The molecule has 0 bridgehead atoms. The van der Waals surface area contributed by atoms with E-state index in [1.807, 2.05) is 0 Å². The van der Waals surface area contributed by atoms with Crippen LogP contribution in [0.25, 0.3) is 0 Å². The molecule has 3 rings (SSSR count). The monoisotopic (exact) mass is 364 g/mol. The number of hydrogen-bond donors (Lipinski definition) is 0. The van der Waals surface area contributed by atoms with Crippen molar-refractivity contribution in [3.63, 3.8) is 0 Å². The van der Waals surface area contributed by atoms with Crippen molar-refractivity contribution >= 4 is 21.7 Å². The fourth-order valence-corrected chi connectivity index (χ4v) is 5.40. The number of nitrogens with zero attached hydrogens (tertiary/aromatic N) is 2. The molecule has 1 unspecified atom stereocenters. The third-order valence-corrected chi connectivity index (χ3v) is 7.45. The second kappa shape index (κ2) is 7.15. The predicted molar refractivity (Wildman–Crippen MR) is 93.6 cm³/mol. The van der Waals surface area contributed by atoms with Gasteiger partial charge in [-0.15, -0.1) is 0 Å². The Labute approximate surface area is 148 Å². The van der Waals surface area contributed by atoms with Gasteiger partial charge in [-0.05, 0) is 31.4 Å². The van der Waals surface area contributed by atoms with Crippen LogP contribution < -0.4 is 0 Å². The van der Waals surface area contributed by atoms with E-state index in [1.54, 1.807) is 47.1 Å². The van der Waals surface area contributed by atoms with Gasteiger partial charge in [-0.1, -0.05) is 18.2 Å². The normalized spacial score (nSPS) is 22.2. The molecule has 2 fully saturated rings. The summed E-state index contributed by atoms with van der Waals surface area (Å²) in [6.07, 6.45) is 1.80. The van der Waals surface area contributed by atoms with Crippen molar-refractivity contribution in [2.24, 2.45) is 5.92 Å². The summed E-state index contributed by atoms with van der Waals surface area (Å²) in [5.74, 6) is -0.0242. The van der Waals surface area contributed by atoms with Crippen LogP contribution in [0.3, 0.4) is 0 Å². The first-order valence-corrected chi connectivity index (χ1v) is 10.3. The lowest BCUT2D eigenvalue weighted by atomic mass is 9.95. The van der Waals surface area contributed by atoms with Gasteiger partial charge in [-0.3, -0.25) is 9.59 Å². The minimum absolute atomic E-state index is 0.0361. The second-order valence-electron chi connectivity index (χ2n) is 6.83. The third-order valence-electron chi connectivity index (χ3n) is 5.26. The first-order valence-electron chi connectivity index (χ1n) is 8.73. The van der Waals surface area contributed by atoms with E-state index >= 15 is 0 Å². The number of likely N-dealkylation sites (tertiary alicyclic amines) is 2. The van der Waals surface area contributed by atoms with Crippen LogP contribution in [0.2, 0.25) is 0 Å². The van der Waals surface area contributed by atoms with E-state index in [2.05, 4.69) is 0 Å². The zero-order valence-corrected chi connectivity index (χ0v) is 15.2. The summed E-state index contributed by atoms with van der Waals surface area (Å²) in [6, 6.07) is 8.44. The maximum atomic E-state index is 12.7. The van der Waals surface area contributed by atoms with Crippen LogP contribution in [0, 0.1) is 5.92 Å². The van der Waals surface area contributed by atoms with Gasteiger partial charge in [0.15, 0.2) is 9.84 Å². The molecule has 2 aliphatic rings. The molecule has 6 nitrogen and oxygen atoms in total. The number of benzene rings is 1. The number of hydrogen-bond acceptors (Lipinski definition) is 4. The highest BCUT2D eigenvalue weighted by Gasteiger charge is 2.38. The number of carbonyl (C=O) groups is 2. The average Bonchev–Trinajstić information content (AvgIpc) is 3.13. The molecule has 0 aromatic heterocycles. The smallest absolute Gasteiger partial charge is 0.225 e. The van der Waals surface area contributed by atoms with Crippen LogP contribution in [0.5, 0.6) is 0 Å². The van der Waals surface area contributed by atoms with E-state index in [0.29, 0.717) is 43.8 Å². The van der Waals surface area contributed by atoms with Crippen LogP contribution in [-0.2, 0) is 19.4 Å². The molecule has 136 valence electrons. The highest BCUT2D eigenvalue weighted by molar-refractivity contribution is 7.92. The summed E-state index contributed by atoms with van der Waals surface area (Å²) in [5.41, 5.74) is 0. The number of amides is 2. The molecule has 0 spiro atoms. The molecule has 7 heteroatoms. The molecule has 1 aromatic rings. The summed E-state index contributed by atoms with van der Waals surface area (Å²) in [6.45, 7) is 3.50. The summed E-state index contributed by atoms with van der Waals surface area (Å²) in [7, 11) is -3.40. The minimum Gasteiger partial charge on any atom is -0.343 e. The van der Waals surface area contributed by atoms with Gasteiger partial charge in [0.1, 0.15) is 0 Å². The van der Waals surface area contributed by atoms with Crippen molar-refractivity contribution in [1.29, 1.82) is 0 Å². The lowest BCUT2D eigenvalue weighted by Gasteiger charge is -2.32. The van der Waals surface area contributed by atoms with Gasteiger partial charge in [0.2, 0.25) is 11.8 Å². The van der Waals surface area contributed by atoms with Crippen molar-refractivity contribution in [3.8, 4) is 0 Å². The van der Waals surface area contributed by atoms with Crippen LogP contribution in [0.15, 0.2) is 35.2 Å². The number of rotatable bonds is 3. The Bertz CT molecular complexity index is 740. The molecule has 25 heavy (non-hydrogen) atoms. The van der Waals surface area contributed by atoms with E-state index in [4.69, 9.17) is 0 Å². The van der Waals surface area contributed by atoms with Gasteiger partial charge >= 0.3 is 0 Å². The second-order valence-corrected chi connectivity index (χ2v) is 9.06. The van der Waals surface area contributed by atoms with E-state index in [-0.39, 0.29) is 24.3 Å². The quantitative estimate of drug-likeness (QED) is 0.811. The zero-order chi connectivity index (χ0) is 18.0. The Balaban J connectivity index is 1.61. The first-order chi connectivity index (χ1) is 11.9. The average molecular weight is 364 g/mol. The number of piperidine rings is 1. The summed E-state index contributed by atoms with van der Waals surface area (Å²) >= 11 is 0. The van der Waals surface area contributed by atoms with E-state index < -0.39 is 15.1 Å². The topological polar surface area (TPSA) is 74.8 Å². The largest absolute Gasteiger partial charge is 0.343 e. The van der Waals surface area contributed by atoms with E-state index in [1.165, 1.54) is 0 Å².